The number of carbonyl (C=O) groups is 1. The number of aryl methyl sites for hydroxylation is 1. The number of nitrogens with zero attached hydrogens (tertiary/aromatic N) is 2. The van der Waals surface area contributed by atoms with E-state index in [1.54, 1.807) is 26.2 Å². The van der Waals surface area contributed by atoms with Gasteiger partial charge in [0.15, 0.2) is 10.3 Å². The van der Waals surface area contributed by atoms with Gasteiger partial charge in [-0.25, -0.2) is 9.97 Å². The summed E-state index contributed by atoms with van der Waals surface area (Å²) in [5.41, 5.74) is 2.49. The zero-order valence-corrected chi connectivity index (χ0v) is 18.4. The summed E-state index contributed by atoms with van der Waals surface area (Å²) in [4.78, 5) is 35.9. The Morgan fingerprint density at radius 1 is 1.38 bits per heavy atom. The summed E-state index contributed by atoms with van der Waals surface area (Å²) in [6.07, 6.45) is 2.31. The second kappa shape index (κ2) is 9.43. The molecule has 0 radical (unpaired) electrons. The second-order valence-electron chi connectivity index (χ2n) is 6.07. The SMILES string of the molecule is COc1ccc(-c2csc(NC(=O)CCc3c(C)nc(SC)[nH]c3=O)n2)cc1Cl. The van der Waals surface area contributed by atoms with Gasteiger partial charge in [0.05, 0.1) is 17.8 Å². The average Bonchev–Trinajstić information content (AvgIpc) is 3.15. The molecule has 2 aromatic heterocycles. The van der Waals surface area contributed by atoms with E-state index in [1.165, 1.54) is 23.1 Å². The smallest absolute Gasteiger partial charge is 0.254 e. The van der Waals surface area contributed by atoms with Crippen LogP contribution in [-0.4, -0.2) is 34.2 Å². The zero-order valence-electron chi connectivity index (χ0n) is 16.0. The molecule has 3 aromatic rings. The van der Waals surface area contributed by atoms with E-state index in [4.69, 9.17) is 16.3 Å². The Labute approximate surface area is 180 Å². The molecule has 0 aliphatic carbocycles. The first-order valence-corrected chi connectivity index (χ1v) is 11.1. The maximum atomic E-state index is 12.3. The van der Waals surface area contributed by atoms with E-state index in [0.717, 1.165) is 5.56 Å². The number of aromatic nitrogens is 3. The normalized spacial score (nSPS) is 10.8. The fraction of sp³-hybridized carbons (Fsp3) is 0.263. The van der Waals surface area contributed by atoms with Gasteiger partial charge in [0.2, 0.25) is 5.91 Å². The third kappa shape index (κ3) is 5.17. The number of anilines is 1. The van der Waals surface area contributed by atoms with Crippen LogP contribution in [0, 0.1) is 6.92 Å². The first-order valence-electron chi connectivity index (χ1n) is 8.64. The molecule has 29 heavy (non-hydrogen) atoms. The number of hydrogen-bond donors (Lipinski definition) is 2. The number of halogens is 1. The minimum absolute atomic E-state index is 0.160. The van der Waals surface area contributed by atoms with Crippen molar-refractivity contribution in [3.05, 3.63) is 50.2 Å². The number of amides is 1. The predicted octanol–water partition coefficient (Wildman–Crippen LogP) is 4.16. The van der Waals surface area contributed by atoms with Gasteiger partial charge in [-0.15, -0.1) is 11.3 Å². The van der Waals surface area contributed by atoms with Crippen molar-refractivity contribution in [3.63, 3.8) is 0 Å². The van der Waals surface area contributed by atoms with Gasteiger partial charge >= 0.3 is 0 Å². The monoisotopic (exact) mass is 450 g/mol. The summed E-state index contributed by atoms with van der Waals surface area (Å²) in [6, 6.07) is 5.39. The van der Waals surface area contributed by atoms with Gasteiger partial charge in [0, 0.05) is 28.6 Å². The number of aromatic amines is 1. The summed E-state index contributed by atoms with van der Waals surface area (Å²) in [5.74, 6) is 0.371. The predicted molar refractivity (Wildman–Crippen MR) is 117 cm³/mol. The van der Waals surface area contributed by atoms with Crippen molar-refractivity contribution in [1.82, 2.24) is 15.0 Å². The molecule has 0 fully saturated rings. The summed E-state index contributed by atoms with van der Waals surface area (Å²) in [6.45, 7) is 1.77. The molecule has 1 aromatic carbocycles. The molecule has 0 aliphatic heterocycles. The molecule has 2 heterocycles. The van der Waals surface area contributed by atoms with Gasteiger partial charge in [-0.2, -0.15) is 0 Å². The number of carbonyl (C=O) groups excluding carboxylic acids is 1. The van der Waals surface area contributed by atoms with Gasteiger partial charge in [-0.1, -0.05) is 23.4 Å². The lowest BCUT2D eigenvalue weighted by Crippen LogP contribution is -2.20. The molecule has 1 amide bonds. The minimum atomic E-state index is -0.216. The molecule has 152 valence electrons. The van der Waals surface area contributed by atoms with Crippen LogP contribution in [0.1, 0.15) is 17.7 Å². The highest BCUT2D eigenvalue weighted by molar-refractivity contribution is 7.98. The van der Waals surface area contributed by atoms with Crippen LogP contribution >= 0.6 is 34.7 Å². The molecule has 0 aliphatic rings. The van der Waals surface area contributed by atoms with Crippen molar-refractivity contribution >= 4 is 45.7 Å². The maximum absolute atomic E-state index is 12.3. The summed E-state index contributed by atoms with van der Waals surface area (Å²) < 4.78 is 5.15. The lowest BCUT2D eigenvalue weighted by Gasteiger charge is -2.06. The Bertz CT molecular complexity index is 1100. The fourth-order valence-corrected chi connectivity index (χ4v) is 4.10. The van der Waals surface area contributed by atoms with Gasteiger partial charge in [0.25, 0.3) is 5.56 Å². The number of thioether (sulfide) groups is 1. The molecule has 0 bridgehead atoms. The maximum Gasteiger partial charge on any atom is 0.254 e. The molecule has 3 rings (SSSR count). The lowest BCUT2D eigenvalue weighted by molar-refractivity contribution is -0.116. The molecule has 0 spiro atoms. The molecule has 0 saturated heterocycles. The molecular weight excluding hydrogens is 432 g/mol. The van der Waals surface area contributed by atoms with Crippen molar-refractivity contribution in [3.8, 4) is 17.0 Å². The van der Waals surface area contributed by atoms with E-state index in [9.17, 15) is 9.59 Å². The van der Waals surface area contributed by atoms with E-state index in [0.29, 0.717) is 44.4 Å². The van der Waals surface area contributed by atoms with Gasteiger partial charge < -0.3 is 15.0 Å². The Morgan fingerprint density at radius 3 is 2.83 bits per heavy atom. The van der Waals surface area contributed by atoms with Crippen molar-refractivity contribution in [1.29, 1.82) is 0 Å². The first kappa shape index (κ1) is 21.4. The van der Waals surface area contributed by atoms with Gasteiger partial charge in [-0.05, 0) is 37.8 Å². The van der Waals surface area contributed by atoms with Crippen LogP contribution in [0.5, 0.6) is 5.75 Å². The highest BCUT2D eigenvalue weighted by Crippen LogP contribution is 2.31. The molecule has 2 N–H and O–H groups in total. The van der Waals surface area contributed by atoms with E-state index in [1.807, 2.05) is 17.7 Å². The van der Waals surface area contributed by atoms with Gasteiger partial charge in [0.1, 0.15) is 5.75 Å². The van der Waals surface area contributed by atoms with Crippen LogP contribution in [0.2, 0.25) is 5.02 Å². The topological polar surface area (TPSA) is 97.0 Å². The third-order valence-corrected chi connectivity index (χ3v) is 5.83. The summed E-state index contributed by atoms with van der Waals surface area (Å²) in [7, 11) is 1.56. The molecule has 0 unspecified atom stereocenters. The summed E-state index contributed by atoms with van der Waals surface area (Å²) in [5, 5.41) is 6.16. The second-order valence-corrected chi connectivity index (χ2v) is 8.13. The molecule has 10 heteroatoms. The van der Waals surface area contributed by atoms with Crippen LogP contribution in [0.3, 0.4) is 0 Å². The number of thiazole rings is 1. The summed E-state index contributed by atoms with van der Waals surface area (Å²) >= 11 is 8.85. The number of methoxy groups -OCH3 is 1. The van der Waals surface area contributed by atoms with Crippen molar-refractivity contribution in [2.75, 3.05) is 18.7 Å². The Kier molecular flexibility index (Phi) is 6.94. The number of hydrogen-bond acceptors (Lipinski definition) is 7. The Hall–Kier alpha value is -2.36. The molecule has 7 nitrogen and oxygen atoms in total. The van der Waals surface area contributed by atoms with E-state index >= 15 is 0 Å². The molecule has 0 saturated carbocycles. The van der Waals surface area contributed by atoms with Crippen LogP contribution in [0.25, 0.3) is 11.3 Å². The largest absolute Gasteiger partial charge is 0.495 e. The third-order valence-electron chi connectivity index (χ3n) is 4.19. The number of ether oxygens (including phenoxy) is 1. The van der Waals surface area contributed by atoms with Crippen LogP contribution in [0.4, 0.5) is 5.13 Å². The van der Waals surface area contributed by atoms with Crippen LogP contribution in [0.15, 0.2) is 33.5 Å². The Morgan fingerprint density at radius 2 is 2.17 bits per heavy atom. The van der Waals surface area contributed by atoms with Gasteiger partial charge in [-0.3, -0.25) is 9.59 Å². The van der Waals surface area contributed by atoms with Crippen LogP contribution in [-0.2, 0) is 11.2 Å². The van der Waals surface area contributed by atoms with Crippen molar-refractivity contribution in [2.24, 2.45) is 0 Å². The molecule has 0 atom stereocenters. The number of nitrogens with one attached hydrogen (secondary N) is 2. The fourth-order valence-electron chi connectivity index (χ4n) is 2.69. The lowest BCUT2D eigenvalue weighted by atomic mass is 10.1. The van der Waals surface area contributed by atoms with Crippen molar-refractivity contribution < 1.29 is 9.53 Å². The number of benzene rings is 1. The zero-order chi connectivity index (χ0) is 21.0. The first-order chi connectivity index (χ1) is 13.9. The number of H-pyrrole nitrogens is 1. The van der Waals surface area contributed by atoms with E-state index in [2.05, 4.69) is 20.3 Å². The highest BCUT2D eigenvalue weighted by atomic mass is 35.5. The quantitative estimate of drug-likeness (QED) is 0.414. The molecular formula is C19H19ClN4O3S2. The average molecular weight is 451 g/mol. The van der Waals surface area contributed by atoms with E-state index < -0.39 is 0 Å². The van der Waals surface area contributed by atoms with Crippen molar-refractivity contribution in [2.45, 2.75) is 24.9 Å². The standard InChI is InChI=1S/C19H19ClN4O3S2/c1-10-12(17(26)24-18(21-10)28-3)5-7-16(25)23-19-22-14(9-29-19)11-4-6-15(27-2)13(20)8-11/h4,6,8-9H,5,7H2,1-3H3,(H,21,24,26)(H,22,23,25). The van der Waals surface area contributed by atoms with E-state index in [-0.39, 0.29) is 17.9 Å². The highest BCUT2D eigenvalue weighted by Gasteiger charge is 2.13. The Balaban J connectivity index is 1.64. The number of rotatable bonds is 7. The van der Waals surface area contributed by atoms with Crippen LogP contribution < -0.4 is 15.6 Å². The minimum Gasteiger partial charge on any atom is -0.495 e.